The molecule has 1 aromatic carbocycles. The highest BCUT2D eigenvalue weighted by atomic mass is 32.1. The largest absolute Gasteiger partial charge is 0.320 e. The van der Waals surface area contributed by atoms with Crippen LogP contribution in [0.25, 0.3) is 0 Å². The summed E-state index contributed by atoms with van der Waals surface area (Å²) >= 11 is 1.63. The fourth-order valence-electron chi connectivity index (χ4n) is 2.56. The summed E-state index contributed by atoms with van der Waals surface area (Å²) in [7, 11) is 0. The zero-order valence-corrected chi connectivity index (χ0v) is 11.5. The molecule has 1 unspecified atom stereocenters. The van der Waals surface area contributed by atoms with Crippen LogP contribution in [-0.4, -0.2) is 0 Å². The summed E-state index contributed by atoms with van der Waals surface area (Å²) < 4.78 is 27.5. The number of benzene rings is 1. The van der Waals surface area contributed by atoms with Gasteiger partial charge in [-0.05, 0) is 55.5 Å². The Bertz CT molecular complexity index is 612. The summed E-state index contributed by atoms with van der Waals surface area (Å²) in [4.78, 5) is 2.27. The van der Waals surface area contributed by atoms with Gasteiger partial charge in [0.15, 0.2) is 0 Å². The molecular formula is C15H15F2NS. The van der Waals surface area contributed by atoms with Crippen molar-refractivity contribution in [1.82, 2.24) is 0 Å². The third-order valence-electron chi connectivity index (χ3n) is 3.69. The predicted octanol–water partition coefficient (Wildman–Crippen LogP) is 3.87. The normalized spacial score (nSPS) is 15.6. The van der Waals surface area contributed by atoms with Crippen LogP contribution in [0.2, 0.25) is 0 Å². The van der Waals surface area contributed by atoms with Gasteiger partial charge in [-0.2, -0.15) is 0 Å². The molecule has 0 fully saturated rings. The molecule has 2 aromatic rings. The van der Waals surface area contributed by atoms with E-state index in [0.717, 1.165) is 17.7 Å². The van der Waals surface area contributed by atoms with Gasteiger partial charge < -0.3 is 5.73 Å². The van der Waals surface area contributed by atoms with E-state index in [9.17, 15) is 8.78 Å². The number of nitrogens with two attached hydrogens (primary N) is 1. The fourth-order valence-corrected chi connectivity index (χ4v) is 3.84. The van der Waals surface area contributed by atoms with Crippen molar-refractivity contribution >= 4 is 11.3 Å². The molecule has 3 rings (SSSR count). The van der Waals surface area contributed by atoms with Gasteiger partial charge in [0.05, 0.1) is 6.04 Å². The van der Waals surface area contributed by atoms with Gasteiger partial charge in [0.25, 0.3) is 0 Å². The van der Waals surface area contributed by atoms with E-state index in [1.807, 2.05) is 0 Å². The van der Waals surface area contributed by atoms with Crippen molar-refractivity contribution in [2.24, 2.45) is 5.73 Å². The van der Waals surface area contributed by atoms with Gasteiger partial charge in [0, 0.05) is 15.3 Å². The molecule has 1 atom stereocenters. The molecule has 2 N–H and O–H groups in total. The highest BCUT2D eigenvalue weighted by Gasteiger charge is 2.21. The van der Waals surface area contributed by atoms with E-state index in [1.165, 1.54) is 29.0 Å². The van der Waals surface area contributed by atoms with Crippen LogP contribution < -0.4 is 5.73 Å². The van der Waals surface area contributed by atoms with E-state index in [0.29, 0.717) is 5.56 Å². The van der Waals surface area contributed by atoms with Crippen molar-refractivity contribution in [1.29, 1.82) is 0 Å². The molecule has 0 saturated heterocycles. The van der Waals surface area contributed by atoms with E-state index in [1.54, 1.807) is 18.3 Å². The van der Waals surface area contributed by atoms with Crippen molar-refractivity contribution in [3.8, 4) is 0 Å². The van der Waals surface area contributed by atoms with Crippen molar-refractivity contribution in [2.45, 2.75) is 32.2 Å². The van der Waals surface area contributed by atoms with E-state index in [-0.39, 0.29) is 5.56 Å². The molecular weight excluding hydrogens is 264 g/mol. The van der Waals surface area contributed by atoms with Gasteiger partial charge in [-0.25, -0.2) is 8.78 Å². The van der Waals surface area contributed by atoms with Gasteiger partial charge in [-0.3, -0.25) is 0 Å². The van der Waals surface area contributed by atoms with Crippen molar-refractivity contribution in [2.75, 3.05) is 0 Å². The van der Waals surface area contributed by atoms with Gasteiger partial charge in [0.1, 0.15) is 11.6 Å². The van der Waals surface area contributed by atoms with Gasteiger partial charge >= 0.3 is 0 Å². The van der Waals surface area contributed by atoms with Crippen molar-refractivity contribution < 1.29 is 8.78 Å². The Hall–Kier alpha value is -1.26. The van der Waals surface area contributed by atoms with E-state index >= 15 is 0 Å². The van der Waals surface area contributed by atoms with Crippen LogP contribution in [0.4, 0.5) is 8.78 Å². The molecule has 1 aromatic heterocycles. The highest BCUT2D eigenvalue weighted by Crippen LogP contribution is 2.36. The third kappa shape index (κ3) is 2.19. The van der Waals surface area contributed by atoms with Crippen LogP contribution in [-0.2, 0) is 12.8 Å². The van der Waals surface area contributed by atoms with Crippen LogP contribution in [0.5, 0.6) is 0 Å². The summed E-state index contributed by atoms with van der Waals surface area (Å²) in [6.45, 7) is 1.55. The summed E-state index contributed by atoms with van der Waals surface area (Å²) in [5.74, 6) is -0.837. The van der Waals surface area contributed by atoms with Crippen molar-refractivity contribution in [3.05, 3.63) is 56.3 Å². The molecule has 0 spiro atoms. The number of rotatable bonds is 2. The molecule has 100 valence electrons. The number of aryl methyl sites for hydroxylation is 3. The quantitative estimate of drug-likeness (QED) is 0.887. The molecule has 0 radical (unpaired) electrons. The van der Waals surface area contributed by atoms with Crippen LogP contribution >= 0.6 is 11.3 Å². The van der Waals surface area contributed by atoms with Crippen LogP contribution in [0.3, 0.4) is 0 Å². The Labute approximate surface area is 115 Å². The van der Waals surface area contributed by atoms with Crippen LogP contribution in [0.1, 0.15) is 38.9 Å². The third-order valence-corrected chi connectivity index (χ3v) is 5.01. The zero-order valence-electron chi connectivity index (χ0n) is 10.7. The Balaban J connectivity index is 1.99. The first-order chi connectivity index (χ1) is 9.06. The van der Waals surface area contributed by atoms with Gasteiger partial charge in [-0.15, -0.1) is 11.3 Å². The van der Waals surface area contributed by atoms with Gasteiger partial charge in [-0.1, -0.05) is 0 Å². The average Bonchev–Trinajstić information content (AvgIpc) is 2.93. The predicted molar refractivity (Wildman–Crippen MR) is 73.5 cm³/mol. The highest BCUT2D eigenvalue weighted by molar-refractivity contribution is 7.12. The van der Waals surface area contributed by atoms with Gasteiger partial charge in [0.2, 0.25) is 0 Å². The van der Waals surface area contributed by atoms with E-state index < -0.39 is 17.7 Å². The number of hydrogen-bond acceptors (Lipinski definition) is 2. The summed E-state index contributed by atoms with van der Waals surface area (Å²) in [6, 6.07) is 3.91. The summed E-state index contributed by atoms with van der Waals surface area (Å²) in [5, 5.41) is 0. The topological polar surface area (TPSA) is 26.0 Å². The Morgan fingerprint density at radius 2 is 1.95 bits per heavy atom. The van der Waals surface area contributed by atoms with Crippen LogP contribution in [0.15, 0.2) is 18.2 Å². The van der Waals surface area contributed by atoms with E-state index in [4.69, 9.17) is 5.73 Å². The molecule has 0 aliphatic heterocycles. The van der Waals surface area contributed by atoms with Crippen LogP contribution in [0, 0.1) is 18.6 Å². The lowest BCUT2D eigenvalue weighted by molar-refractivity contribution is 0.571. The average molecular weight is 279 g/mol. The second kappa shape index (κ2) is 4.69. The molecule has 1 aliphatic rings. The molecule has 0 saturated carbocycles. The van der Waals surface area contributed by atoms with E-state index in [2.05, 4.69) is 6.07 Å². The first kappa shape index (κ1) is 12.8. The fraction of sp³-hybridized carbons (Fsp3) is 0.333. The maximum atomic E-state index is 13.9. The number of hydrogen-bond donors (Lipinski definition) is 1. The molecule has 1 nitrogen and oxygen atoms in total. The second-order valence-electron chi connectivity index (χ2n) is 5.05. The minimum Gasteiger partial charge on any atom is -0.320 e. The minimum atomic E-state index is -0.578. The first-order valence-electron chi connectivity index (χ1n) is 6.39. The molecule has 19 heavy (non-hydrogen) atoms. The smallest absolute Gasteiger partial charge is 0.128 e. The summed E-state index contributed by atoms with van der Waals surface area (Å²) in [5.41, 5.74) is 7.97. The Kier molecular flexibility index (Phi) is 3.15. The summed E-state index contributed by atoms with van der Waals surface area (Å²) in [6.07, 6.45) is 3.34. The molecule has 0 bridgehead atoms. The number of halogens is 2. The first-order valence-corrected chi connectivity index (χ1v) is 7.20. The lowest BCUT2D eigenvalue weighted by Gasteiger charge is -2.12. The Morgan fingerprint density at radius 1 is 1.16 bits per heavy atom. The lowest BCUT2D eigenvalue weighted by atomic mass is 10.0. The minimum absolute atomic E-state index is 0.239. The molecule has 1 heterocycles. The second-order valence-corrected chi connectivity index (χ2v) is 6.22. The molecule has 4 heteroatoms. The molecule has 0 amide bonds. The standard InChI is InChI=1S/C15H15F2NS/c1-8-5-12(17)10(7-11(8)16)15(18)14-6-9-3-2-4-13(9)19-14/h5-7,15H,2-4,18H2,1H3. The SMILES string of the molecule is Cc1cc(F)c(C(N)c2cc3c(s2)CCC3)cc1F. The number of fused-ring (bicyclic) bond motifs is 1. The maximum absolute atomic E-state index is 13.9. The van der Waals surface area contributed by atoms with Crippen molar-refractivity contribution in [3.63, 3.8) is 0 Å². The Morgan fingerprint density at radius 3 is 2.68 bits per heavy atom. The zero-order chi connectivity index (χ0) is 13.6. The monoisotopic (exact) mass is 279 g/mol. The molecule has 1 aliphatic carbocycles. The lowest BCUT2D eigenvalue weighted by Crippen LogP contribution is -2.13. The number of thiophene rings is 1. The maximum Gasteiger partial charge on any atom is 0.128 e.